The van der Waals surface area contributed by atoms with E-state index < -0.39 is 4.92 Å². The van der Waals surface area contributed by atoms with E-state index in [2.05, 4.69) is 10.2 Å². The van der Waals surface area contributed by atoms with Crippen LogP contribution in [0.15, 0.2) is 41.2 Å². The van der Waals surface area contributed by atoms with Crippen LogP contribution in [0.2, 0.25) is 0 Å². The molecule has 0 fully saturated rings. The van der Waals surface area contributed by atoms with Gasteiger partial charge in [0.2, 0.25) is 0 Å². The normalized spacial score (nSPS) is 11.3. The van der Waals surface area contributed by atoms with Gasteiger partial charge in [-0.3, -0.25) is 24.3 Å². The Morgan fingerprint density at radius 3 is 2.81 bits per heavy atom. The van der Waals surface area contributed by atoms with Crippen molar-refractivity contribution in [2.45, 2.75) is 26.9 Å². The lowest BCUT2D eigenvalue weighted by atomic mass is 10.1. The number of nitro groups is 1. The van der Waals surface area contributed by atoms with Gasteiger partial charge in [-0.2, -0.15) is 10.2 Å². The Morgan fingerprint density at radius 2 is 2.15 bits per heavy atom. The number of ketones is 1. The van der Waals surface area contributed by atoms with Gasteiger partial charge in [0.25, 0.3) is 0 Å². The monoisotopic (exact) mass is 355 g/mol. The molecule has 0 unspecified atom stereocenters. The van der Waals surface area contributed by atoms with Crippen molar-refractivity contribution in [1.29, 1.82) is 0 Å². The van der Waals surface area contributed by atoms with Crippen LogP contribution in [-0.2, 0) is 13.1 Å². The third kappa shape index (κ3) is 3.77. The van der Waals surface area contributed by atoms with Crippen molar-refractivity contribution >= 4 is 17.5 Å². The largest absolute Gasteiger partial charge is 0.460 e. The van der Waals surface area contributed by atoms with Gasteiger partial charge in [0.15, 0.2) is 5.78 Å². The molecule has 0 aliphatic heterocycles. The van der Waals surface area contributed by atoms with Gasteiger partial charge in [-0.05, 0) is 38.1 Å². The number of rotatable bonds is 7. The summed E-state index contributed by atoms with van der Waals surface area (Å²) in [6.07, 6.45) is 7.25. The van der Waals surface area contributed by atoms with E-state index in [0.29, 0.717) is 29.3 Å². The Kier molecular flexibility index (Phi) is 4.78. The minimum absolute atomic E-state index is 0.0785. The first-order valence-corrected chi connectivity index (χ1v) is 7.98. The zero-order valence-corrected chi connectivity index (χ0v) is 14.3. The van der Waals surface area contributed by atoms with Gasteiger partial charge in [-0.25, -0.2) is 0 Å². The number of carbonyl (C=O) groups excluding carboxylic acids is 1. The van der Waals surface area contributed by atoms with Crippen molar-refractivity contribution in [2.24, 2.45) is 0 Å². The summed E-state index contributed by atoms with van der Waals surface area (Å²) in [4.78, 5) is 22.4. The van der Waals surface area contributed by atoms with Gasteiger partial charge >= 0.3 is 5.69 Å². The molecule has 0 amide bonds. The van der Waals surface area contributed by atoms with Crippen molar-refractivity contribution in [3.8, 4) is 0 Å². The standard InChI is InChI=1S/C17H17N5O4/c1-3-20-11-16(12(2)19-20)17(23)7-6-14-4-5-15(26-14)10-21-9-13(8-18-21)22(24)25/h4-9,11H,3,10H2,1-2H3/b7-6+. The Balaban J connectivity index is 1.67. The first-order chi connectivity index (χ1) is 12.5. The van der Waals surface area contributed by atoms with Gasteiger partial charge in [-0.1, -0.05) is 0 Å². The highest BCUT2D eigenvalue weighted by Crippen LogP contribution is 2.15. The fourth-order valence-corrected chi connectivity index (χ4v) is 2.43. The number of aryl methyl sites for hydroxylation is 2. The number of nitrogens with zero attached hydrogens (tertiary/aromatic N) is 5. The third-order valence-electron chi connectivity index (χ3n) is 3.77. The molecule has 3 aromatic heterocycles. The van der Waals surface area contributed by atoms with Crippen LogP contribution in [-0.4, -0.2) is 30.3 Å². The number of furan rings is 1. The van der Waals surface area contributed by atoms with Crippen LogP contribution < -0.4 is 0 Å². The summed E-state index contributed by atoms with van der Waals surface area (Å²) in [5.41, 5.74) is 1.16. The summed E-state index contributed by atoms with van der Waals surface area (Å²) in [6, 6.07) is 3.46. The van der Waals surface area contributed by atoms with Gasteiger partial charge in [0.1, 0.15) is 23.9 Å². The molecule has 0 aliphatic carbocycles. The van der Waals surface area contributed by atoms with Crippen LogP contribution in [0.25, 0.3) is 6.08 Å². The lowest BCUT2D eigenvalue weighted by molar-refractivity contribution is -0.385. The first kappa shape index (κ1) is 17.3. The number of allylic oxidation sites excluding steroid dienone is 1. The average molecular weight is 355 g/mol. The fraction of sp³-hybridized carbons (Fsp3) is 0.235. The van der Waals surface area contributed by atoms with Gasteiger partial charge in [0.05, 0.1) is 22.7 Å². The minimum Gasteiger partial charge on any atom is -0.460 e. The van der Waals surface area contributed by atoms with Gasteiger partial charge in [-0.15, -0.1) is 0 Å². The molecule has 3 aromatic rings. The molecular formula is C17H17N5O4. The molecule has 0 N–H and O–H groups in total. The second kappa shape index (κ2) is 7.18. The average Bonchev–Trinajstić information content (AvgIpc) is 3.33. The Morgan fingerprint density at radius 1 is 1.35 bits per heavy atom. The number of aromatic nitrogens is 4. The van der Waals surface area contributed by atoms with E-state index in [1.165, 1.54) is 23.2 Å². The van der Waals surface area contributed by atoms with Crippen LogP contribution in [0, 0.1) is 17.0 Å². The molecule has 9 heteroatoms. The van der Waals surface area contributed by atoms with E-state index in [1.807, 2.05) is 6.92 Å². The molecule has 3 heterocycles. The van der Waals surface area contributed by atoms with E-state index in [9.17, 15) is 14.9 Å². The third-order valence-corrected chi connectivity index (χ3v) is 3.77. The molecule has 0 bridgehead atoms. The predicted octanol–water partition coefficient (Wildman–Crippen LogP) is 2.85. The molecule has 134 valence electrons. The minimum atomic E-state index is -0.506. The fourth-order valence-electron chi connectivity index (χ4n) is 2.43. The van der Waals surface area contributed by atoms with Gasteiger partial charge in [0, 0.05) is 12.7 Å². The van der Waals surface area contributed by atoms with E-state index in [1.54, 1.807) is 36.0 Å². The van der Waals surface area contributed by atoms with E-state index >= 15 is 0 Å². The summed E-state index contributed by atoms with van der Waals surface area (Å²) >= 11 is 0. The van der Waals surface area contributed by atoms with Crippen LogP contribution in [0.4, 0.5) is 5.69 Å². The van der Waals surface area contributed by atoms with Crippen LogP contribution >= 0.6 is 0 Å². The molecule has 0 saturated heterocycles. The highest BCUT2D eigenvalue weighted by molar-refractivity contribution is 6.07. The molecule has 0 aromatic carbocycles. The molecule has 0 atom stereocenters. The SMILES string of the molecule is CCn1cc(C(=O)/C=C/c2ccc(Cn3cc([N+](=O)[O-])cn3)o2)c(C)n1. The van der Waals surface area contributed by atoms with E-state index in [-0.39, 0.29) is 18.0 Å². The van der Waals surface area contributed by atoms with Crippen LogP contribution in [0.5, 0.6) is 0 Å². The zero-order valence-electron chi connectivity index (χ0n) is 14.3. The summed E-state index contributed by atoms with van der Waals surface area (Å²) in [5.74, 6) is 0.934. The molecule has 26 heavy (non-hydrogen) atoms. The summed E-state index contributed by atoms with van der Waals surface area (Å²) in [7, 11) is 0. The predicted molar refractivity (Wildman–Crippen MR) is 92.7 cm³/mol. The van der Waals surface area contributed by atoms with Crippen molar-refractivity contribution in [1.82, 2.24) is 19.6 Å². The lowest BCUT2D eigenvalue weighted by Crippen LogP contribution is -1.98. The lowest BCUT2D eigenvalue weighted by Gasteiger charge is -1.96. The first-order valence-electron chi connectivity index (χ1n) is 7.98. The van der Waals surface area contributed by atoms with E-state index in [0.717, 1.165) is 0 Å². The van der Waals surface area contributed by atoms with Crippen molar-refractivity contribution in [2.75, 3.05) is 0 Å². The van der Waals surface area contributed by atoms with Crippen LogP contribution in [0.3, 0.4) is 0 Å². The Bertz CT molecular complexity index is 979. The molecule has 0 radical (unpaired) electrons. The number of hydrogen-bond donors (Lipinski definition) is 0. The molecule has 0 saturated carbocycles. The van der Waals surface area contributed by atoms with Crippen molar-refractivity contribution < 1.29 is 14.1 Å². The molecule has 0 aliphatic rings. The van der Waals surface area contributed by atoms with E-state index in [4.69, 9.17) is 4.42 Å². The number of hydrogen-bond acceptors (Lipinski definition) is 6. The van der Waals surface area contributed by atoms with Crippen molar-refractivity contribution in [3.63, 3.8) is 0 Å². The topological polar surface area (TPSA) is 109 Å². The van der Waals surface area contributed by atoms with Crippen molar-refractivity contribution in [3.05, 3.63) is 69.7 Å². The smallest absolute Gasteiger partial charge is 0.307 e. The zero-order chi connectivity index (χ0) is 18.7. The highest BCUT2D eigenvalue weighted by Gasteiger charge is 2.12. The molecular weight excluding hydrogens is 338 g/mol. The summed E-state index contributed by atoms with van der Waals surface area (Å²) < 4.78 is 8.74. The molecule has 0 spiro atoms. The summed E-state index contributed by atoms with van der Waals surface area (Å²) in [5, 5.41) is 18.8. The summed E-state index contributed by atoms with van der Waals surface area (Å²) in [6.45, 7) is 4.71. The molecule has 3 rings (SSSR count). The Labute approximate surface area is 148 Å². The second-order valence-corrected chi connectivity index (χ2v) is 5.64. The second-order valence-electron chi connectivity index (χ2n) is 5.64. The highest BCUT2D eigenvalue weighted by atomic mass is 16.6. The Hall–Kier alpha value is -3.49. The maximum absolute atomic E-state index is 12.3. The maximum Gasteiger partial charge on any atom is 0.307 e. The number of carbonyl (C=O) groups is 1. The van der Waals surface area contributed by atoms with Crippen LogP contribution in [0.1, 0.15) is 34.5 Å². The maximum atomic E-state index is 12.3. The quantitative estimate of drug-likeness (QED) is 0.279. The van der Waals surface area contributed by atoms with Gasteiger partial charge < -0.3 is 4.42 Å². The molecule has 9 nitrogen and oxygen atoms in total.